The number of benzene rings is 1. The van der Waals surface area contributed by atoms with Crippen LogP contribution in [-0.4, -0.2) is 56.0 Å². The predicted molar refractivity (Wildman–Crippen MR) is 150 cm³/mol. The number of hydrogen-bond donors (Lipinski definition) is 1. The first kappa shape index (κ1) is 32.0. The Hall–Kier alpha value is -2.02. The molecule has 2 saturated heterocycles. The van der Waals surface area contributed by atoms with Gasteiger partial charge in [0, 0.05) is 5.92 Å². The summed E-state index contributed by atoms with van der Waals surface area (Å²) in [6, 6.07) is 6.99. The van der Waals surface area contributed by atoms with Gasteiger partial charge in [-0.3, -0.25) is 0 Å². The molecule has 0 radical (unpaired) electrons. The van der Waals surface area contributed by atoms with Crippen molar-refractivity contribution in [3.8, 4) is 0 Å². The van der Waals surface area contributed by atoms with Crippen molar-refractivity contribution in [3.05, 3.63) is 83.0 Å². The van der Waals surface area contributed by atoms with Gasteiger partial charge in [0.2, 0.25) is 0 Å². The number of nitrogens with zero attached hydrogens (tertiary/aromatic N) is 1. The zero-order valence-electron chi connectivity index (χ0n) is 21.4. The van der Waals surface area contributed by atoms with Crippen LogP contribution < -0.4 is 4.46 Å². The molecule has 2 fully saturated rings. The Morgan fingerprint density at radius 1 is 1.08 bits per heavy atom. The van der Waals surface area contributed by atoms with Gasteiger partial charge in [0.15, 0.2) is 0 Å². The zero-order chi connectivity index (χ0) is 26.1. The summed E-state index contributed by atoms with van der Waals surface area (Å²) in [6.07, 6.45) is 9.90. The van der Waals surface area contributed by atoms with E-state index in [1.807, 2.05) is 32.1 Å². The quantitative estimate of drug-likeness (QED) is 0.107. The standard InChI is InChI=1S/C17H21NO3Se.C11H18O2.CH4/c1-13(2)11-17(12-21-17)14(3)7-6-10-22-16-9-5-4-8-15(16)18(19)20;1-9(2)7-11(8-13-11)10(3)5-4-6-12;/h4-9,14H,1,10-12H2,2-3H3;4-5,10,12H,1,6-8H2,2-3H3;1H4/b7-6+;5-4+;/t14-,17-;10-,11-;/m11./s1. The molecule has 0 spiro atoms. The first-order valence-electron chi connectivity index (χ1n) is 11.9. The molecule has 1 N–H and O–H groups in total. The third-order valence-corrected chi connectivity index (χ3v) is 8.37. The normalized spacial score (nSPS) is 23.8. The van der Waals surface area contributed by atoms with Crippen molar-refractivity contribution >= 4 is 25.1 Å². The summed E-state index contributed by atoms with van der Waals surface area (Å²) in [7, 11) is 0. The number of hydrogen-bond acceptors (Lipinski definition) is 5. The van der Waals surface area contributed by atoms with Crippen LogP contribution in [0.25, 0.3) is 0 Å². The number of nitro groups is 1. The van der Waals surface area contributed by atoms with Crippen molar-refractivity contribution in [2.45, 2.75) is 64.5 Å². The molecule has 7 heteroatoms. The summed E-state index contributed by atoms with van der Waals surface area (Å²) >= 11 is 0.0752. The van der Waals surface area contributed by atoms with Crippen LogP contribution in [0, 0.1) is 22.0 Å². The number of epoxide rings is 2. The van der Waals surface area contributed by atoms with Crippen molar-refractivity contribution < 1.29 is 19.5 Å². The van der Waals surface area contributed by atoms with Crippen LogP contribution >= 0.6 is 0 Å². The fourth-order valence-electron chi connectivity index (χ4n) is 4.00. The third kappa shape index (κ3) is 9.79. The first-order chi connectivity index (χ1) is 16.5. The van der Waals surface area contributed by atoms with Gasteiger partial charge in [-0.05, 0) is 13.3 Å². The summed E-state index contributed by atoms with van der Waals surface area (Å²) in [5, 5.41) is 20.5. The molecule has 36 heavy (non-hydrogen) atoms. The molecule has 6 nitrogen and oxygen atoms in total. The van der Waals surface area contributed by atoms with Crippen LogP contribution in [0.15, 0.2) is 72.9 Å². The van der Waals surface area contributed by atoms with Crippen LogP contribution in [0.4, 0.5) is 5.69 Å². The molecule has 2 heterocycles. The van der Waals surface area contributed by atoms with E-state index in [0.29, 0.717) is 11.8 Å². The Morgan fingerprint density at radius 3 is 1.97 bits per heavy atom. The molecule has 2 aliphatic rings. The van der Waals surface area contributed by atoms with Crippen LogP contribution in [0.5, 0.6) is 0 Å². The number of allylic oxidation sites excluding steroid dienone is 1. The van der Waals surface area contributed by atoms with E-state index in [1.54, 1.807) is 18.2 Å². The Morgan fingerprint density at radius 2 is 1.56 bits per heavy atom. The summed E-state index contributed by atoms with van der Waals surface area (Å²) < 4.78 is 12.0. The maximum atomic E-state index is 11.0. The molecular weight excluding hydrogens is 521 g/mol. The molecule has 0 amide bonds. The molecular formula is C29H43NO5Se. The number of aliphatic hydroxyl groups is 1. The molecule has 0 aromatic heterocycles. The van der Waals surface area contributed by atoms with E-state index in [4.69, 9.17) is 14.6 Å². The van der Waals surface area contributed by atoms with Crippen molar-refractivity contribution in [2.75, 3.05) is 19.8 Å². The second-order valence-electron chi connectivity index (χ2n) is 9.63. The van der Waals surface area contributed by atoms with E-state index in [2.05, 4.69) is 39.2 Å². The monoisotopic (exact) mass is 565 g/mol. The fraction of sp³-hybridized carbons (Fsp3) is 0.517. The molecule has 3 rings (SSSR count). The molecule has 0 unspecified atom stereocenters. The average Bonchev–Trinajstić information content (AvgIpc) is 3.72. The van der Waals surface area contributed by atoms with Crippen molar-refractivity contribution in [3.63, 3.8) is 0 Å². The summed E-state index contributed by atoms with van der Waals surface area (Å²) in [6.45, 7) is 17.9. The van der Waals surface area contributed by atoms with Gasteiger partial charge in [-0.1, -0.05) is 32.1 Å². The number of para-hydroxylation sites is 1. The number of ether oxygens (including phenoxy) is 2. The van der Waals surface area contributed by atoms with Gasteiger partial charge in [0.25, 0.3) is 0 Å². The number of rotatable bonds is 13. The molecule has 0 aliphatic carbocycles. The van der Waals surface area contributed by atoms with Crippen LogP contribution in [0.3, 0.4) is 0 Å². The van der Waals surface area contributed by atoms with Gasteiger partial charge in [0.05, 0.1) is 13.2 Å². The minimum atomic E-state index is -0.302. The summed E-state index contributed by atoms with van der Waals surface area (Å²) in [5.74, 6) is 0.696. The number of aliphatic hydroxyl groups excluding tert-OH is 1. The van der Waals surface area contributed by atoms with Gasteiger partial charge in [-0.25, -0.2) is 0 Å². The molecule has 0 bridgehead atoms. The fourth-order valence-corrected chi connectivity index (χ4v) is 5.79. The second-order valence-corrected chi connectivity index (χ2v) is 11.9. The Labute approximate surface area is 223 Å². The first-order valence-corrected chi connectivity index (χ1v) is 14.0. The van der Waals surface area contributed by atoms with Gasteiger partial charge in [-0.2, -0.15) is 0 Å². The number of nitro benzene ring substituents is 1. The SMILES string of the molecule is C.C=C(C)C[C@]1([C@H](C)/C=C/CO)CO1.C=C(C)C[C@]1([C@H](C)/C=C/C[Se]c2ccccc2[N+](=O)[O-])CO1. The Bertz CT molecular complexity index is 947. The van der Waals surface area contributed by atoms with E-state index in [-0.39, 0.29) is 50.8 Å². The van der Waals surface area contributed by atoms with Crippen LogP contribution in [-0.2, 0) is 9.47 Å². The molecule has 2 aliphatic heterocycles. The summed E-state index contributed by atoms with van der Waals surface area (Å²) in [4.78, 5) is 10.7. The molecule has 200 valence electrons. The van der Waals surface area contributed by atoms with E-state index < -0.39 is 0 Å². The van der Waals surface area contributed by atoms with Crippen molar-refractivity contribution in [2.24, 2.45) is 11.8 Å². The summed E-state index contributed by atoms with van der Waals surface area (Å²) in [5.41, 5.74) is 2.45. The predicted octanol–water partition coefficient (Wildman–Crippen LogP) is 5.81. The second kappa shape index (κ2) is 14.7. The molecule has 0 saturated carbocycles. The topological polar surface area (TPSA) is 88.4 Å². The molecule has 4 atom stereocenters. The van der Waals surface area contributed by atoms with E-state index in [0.717, 1.165) is 47.0 Å². The average molecular weight is 565 g/mol. The molecule has 1 aromatic carbocycles. The van der Waals surface area contributed by atoms with Gasteiger partial charge >= 0.3 is 137 Å². The third-order valence-electron chi connectivity index (χ3n) is 6.24. The van der Waals surface area contributed by atoms with Crippen molar-refractivity contribution in [1.29, 1.82) is 0 Å². The zero-order valence-corrected chi connectivity index (χ0v) is 23.1. The molecule has 1 aromatic rings. The van der Waals surface area contributed by atoms with Crippen LogP contribution in [0.2, 0.25) is 5.32 Å². The van der Waals surface area contributed by atoms with Crippen LogP contribution in [0.1, 0.15) is 48.0 Å². The Kier molecular flexibility index (Phi) is 13.0. The van der Waals surface area contributed by atoms with Gasteiger partial charge in [0.1, 0.15) is 5.60 Å². The van der Waals surface area contributed by atoms with E-state index in [1.165, 1.54) is 0 Å². The Balaban J connectivity index is 0.000000397. The van der Waals surface area contributed by atoms with E-state index in [9.17, 15) is 10.1 Å². The van der Waals surface area contributed by atoms with E-state index >= 15 is 0 Å². The van der Waals surface area contributed by atoms with Gasteiger partial charge in [-0.15, -0.1) is 6.58 Å². The van der Waals surface area contributed by atoms with Gasteiger partial charge < -0.3 is 9.84 Å². The van der Waals surface area contributed by atoms with Crippen molar-refractivity contribution in [1.82, 2.24) is 0 Å². The maximum absolute atomic E-state index is 11.0. The minimum absolute atomic E-state index is 0.